The first-order valence-electron chi connectivity index (χ1n) is 3.20. The lowest BCUT2D eigenvalue weighted by atomic mass is 10.0. The van der Waals surface area contributed by atoms with E-state index in [-0.39, 0.29) is 0 Å². The largest absolute Gasteiger partial charge is 0.481 e. The number of carbonyl (C=O) groups is 3. The van der Waals surface area contributed by atoms with Crippen LogP contribution in [0.25, 0.3) is 0 Å². The van der Waals surface area contributed by atoms with Gasteiger partial charge in [0.05, 0.1) is 6.42 Å². The Kier molecular flexibility index (Phi) is 4.43. The number of Topliss-reactive ketones (excluding diaryl/α,β-unsaturated/α-hetero) is 1. The summed E-state index contributed by atoms with van der Waals surface area (Å²) in [5, 5.41) is 25.3. The third kappa shape index (κ3) is 3.90. The number of carboxylic acid groups (broad SMARTS) is 2. The molecule has 74 valence electrons. The first-order chi connectivity index (χ1) is 5.86. The first kappa shape index (κ1) is 11.9. The molecule has 7 heteroatoms. The number of carboxylic acids is 2. The van der Waals surface area contributed by atoms with Crippen LogP contribution in [0.5, 0.6) is 0 Å². The minimum Gasteiger partial charge on any atom is -0.481 e. The van der Waals surface area contributed by atoms with Gasteiger partial charge in [-0.3, -0.25) is 14.4 Å². The van der Waals surface area contributed by atoms with Gasteiger partial charge in [0.25, 0.3) is 0 Å². The Morgan fingerprint density at radius 1 is 1.23 bits per heavy atom. The fraction of sp³-hybridized carbons (Fsp3) is 0.500. The van der Waals surface area contributed by atoms with E-state index in [0.29, 0.717) is 0 Å². The second-order valence-electron chi connectivity index (χ2n) is 2.26. The molecular weight excluding hydrogens is 200 g/mol. The van der Waals surface area contributed by atoms with Crippen molar-refractivity contribution in [3.05, 3.63) is 0 Å². The molecule has 0 heterocycles. The highest BCUT2D eigenvalue weighted by Gasteiger charge is 2.31. The molecule has 6 nitrogen and oxygen atoms in total. The number of aliphatic hydroxyl groups excluding tert-OH is 1. The van der Waals surface area contributed by atoms with Crippen molar-refractivity contribution in [2.75, 3.05) is 0 Å². The molecule has 0 rings (SSSR count). The molecule has 2 atom stereocenters. The van der Waals surface area contributed by atoms with E-state index >= 15 is 0 Å². The topological polar surface area (TPSA) is 112 Å². The van der Waals surface area contributed by atoms with Crippen LogP contribution in [0.4, 0.5) is 0 Å². The summed E-state index contributed by atoms with van der Waals surface area (Å²) in [5.41, 5.74) is -1.76. The summed E-state index contributed by atoms with van der Waals surface area (Å²) in [6, 6.07) is 0. The van der Waals surface area contributed by atoms with Crippen molar-refractivity contribution < 1.29 is 29.7 Å². The van der Waals surface area contributed by atoms with E-state index in [1.165, 1.54) is 0 Å². The van der Waals surface area contributed by atoms with E-state index in [4.69, 9.17) is 15.3 Å². The zero-order valence-electron chi connectivity index (χ0n) is 6.38. The van der Waals surface area contributed by atoms with Crippen molar-refractivity contribution in [3.63, 3.8) is 0 Å². The maximum atomic E-state index is 10.8. The quantitative estimate of drug-likeness (QED) is 0.261. The van der Waals surface area contributed by atoms with Gasteiger partial charge < -0.3 is 15.3 Å². The molecule has 0 aromatic heterocycles. The van der Waals surface area contributed by atoms with Crippen LogP contribution in [-0.2, 0) is 14.4 Å². The molecule has 0 radical (unpaired) electrons. The maximum Gasteiger partial charge on any atom is 0.314 e. The second-order valence-corrected chi connectivity index (χ2v) is 2.75. The Balaban J connectivity index is 4.52. The lowest BCUT2D eigenvalue weighted by molar-refractivity contribution is -0.153. The second kappa shape index (κ2) is 4.83. The highest BCUT2D eigenvalue weighted by molar-refractivity contribution is 7.81. The summed E-state index contributed by atoms with van der Waals surface area (Å²) in [7, 11) is 0. The Morgan fingerprint density at radius 2 is 1.69 bits per heavy atom. The fourth-order valence-corrected chi connectivity index (χ4v) is 0.844. The van der Waals surface area contributed by atoms with Crippen LogP contribution in [0.2, 0.25) is 0 Å². The minimum absolute atomic E-state index is 0.855. The normalized spacial score (nSPS) is 14.6. The number of hydrogen-bond donors (Lipinski definition) is 4. The molecule has 0 saturated heterocycles. The van der Waals surface area contributed by atoms with Gasteiger partial charge in [-0.15, -0.1) is 12.6 Å². The summed E-state index contributed by atoms with van der Waals surface area (Å²) in [5.74, 6) is -5.88. The monoisotopic (exact) mass is 208 g/mol. The Labute approximate surface area is 78.6 Å². The Hall–Kier alpha value is -1.08. The summed E-state index contributed by atoms with van der Waals surface area (Å²) >= 11 is 3.30. The summed E-state index contributed by atoms with van der Waals surface area (Å²) in [4.78, 5) is 31.3. The van der Waals surface area contributed by atoms with Gasteiger partial charge in [0, 0.05) is 0 Å². The average molecular weight is 208 g/mol. The van der Waals surface area contributed by atoms with Crippen LogP contribution < -0.4 is 0 Å². The van der Waals surface area contributed by atoms with Crippen molar-refractivity contribution in [1.82, 2.24) is 0 Å². The van der Waals surface area contributed by atoms with Gasteiger partial charge in [-0.2, -0.15) is 0 Å². The van der Waals surface area contributed by atoms with Crippen molar-refractivity contribution >= 4 is 30.4 Å². The molecule has 0 saturated carbocycles. The van der Waals surface area contributed by atoms with Crippen LogP contribution >= 0.6 is 12.6 Å². The van der Waals surface area contributed by atoms with E-state index in [1.807, 2.05) is 0 Å². The lowest BCUT2D eigenvalue weighted by Gasteiger charge is -2.09. The third-order valence-corrected chi connectivity index (χ3v) is 1.53. The molecule has 0 amide bonds. The molecule has 13 heavy (non-hydrogen) atoms. The standard InChI is InChI=1S/C6H8O6S/c7-3(8)1-2(5(10)11)4(9)6(12)13/h2,6,12-13H,1H2,(H,7,8)(H,10,11). The zero-order chi connectivity index (χ0) is 10.6. The number of carbonyl (C=O) groups excluding carboxylic acids is 1. The number of thiol groups is 1. The molecule has 3 N–H and O–H groups in total. The maximum absolute atomic E-state index is 10.8. The first-order valence-corrected chi connectivity index (χ1v) is 3.72. The molecule has 0 bridgehead atoms. The van der Waals surface area contributed by atoms with E-state index in [2.05, 4.69) is 12.6 Å². The third-order valence-electron chi connectivity index (χ3n) is 1.27. The molecule has 0 aliphatic rings. The fourth-order valence-electron chi connectivity index (χ4n) is 0.664. The minimum atomic E-state index is -1.76. The number of rotatable bonds is 5. The predicted molar refractivity (Wildman–Crippen MR) is 43.4 cm³/mol. The zero-order valence-corrected chi connectivity index (χ0v) is 7.27. The van der Waals surface area contributed by atoms with Crippen molar-refractivity contribution in [2.45, 2.75) is 11.9 Å². The van der Waals surface area contributed by atoms with Gasteiger partial charge in [-0.1, -0.05) is 0 Å². The van der Waals surface area contributed by atoms with E-state index in [9.17, 15) is 14.4 Å². The van der Waals surface area contributed by atoms with Gasteiger partial charge in [0.1, 0.15) is 5.92 Å². The molecular formula is C6H8O6S. The predicted octanol–water partition coefficient (Wildman–Crippen LogP) is -1.02. The van der Waals surface area contributed by atoms with E-state index in [0.717, 1.165) is 0 Å². The number of ketones is 1. The highest BCUT2D eigenvalue weighted by Crippen LogP contribution is 2.09. The molecule has 0 spiro atoms. The van der Waals surface area contributed by atoms with Gasteiger partial charge in [-0.05, 0) is 0 Å². The van der Waals surface area contributed by atoms with E-state index < -0.39 is 35.5 Å². The number of hydrogen-bond acceptors (Lipinski definition) is 5. The van der Waals surface area contributed by atoms with Gasteiger partial charge in [0.2, 0.25) is 0 Å². The van der Waals surface area contributed by atoms with Crippen molar-refractivity contribution in [1.29, 1.82) is 0 Å². The molecule has 0 aliphatic heterocycles. The van der Waals surface area contributed by atoms with Crippen molar-refractivity contribution in [2.24, 2.45) is 5.92 Å². The SMILES string of the molecule is O=C(O)CC(C(=O)O)C(=O)C(O)S. The number of aliphatic hydroxyl groups is 1. The van der Waals surface area contributed by atoms with Crippen LogP contribution in [0, 0.1) is 5.92 Å². The highest BCUT2D eigenvalue weighted by atomic mass is 32.1. The van der Waals surface area contributed by atoms with Gasteiger partial charge >= 0.3 is 11.9 Å². The molecule has 2 unspecified atom stereocenters. The Morgan fingerprint density at radius 3 is 1.92 bits per heavy atom. The van der Waals surface area contributed by atoms with Crippen LogP contribution in [0.1, 0.15) is 6.42 Å². The smallest absolute Gasteiger partial charge is 0.314 e. The van der Waals surface area contributed by atoms with Gasteiger partial charge in [0.15, 0.2) is 11.2 Å². The molecule has 0 aromatic carbocycles. The number of aliphatic carboxylic acids is 2. The Bertz CT molecular complexity index is 235. The summed E-state index contributed by atoms with van der Waals surface area (Å²) in [6.07, 6.45) is -0.855. The van der Waals surface area contributed by atoms with Crippen LogP contribution in [0.3, 0.4) is 0 Å². The van der Waals surface area contributed by atoms with E-state index in [1.54, 1.807) is 0 Å². The summed E-state index contributed by atoms with van der Waals surface area (Å²) in [6.45, 7) is 0. The molecule has 0 aliphatic carbocycles. The summed E-state index contributed by atoms with van der Waals surface area (Å²) < 4.78 is 0. The van der Waals surface area contributed by atoms with Gasteiger partial charge in [-0.25, -0.2) is 0 Å². The lowest BCUT2D eigenvalue weighted by Crippen LogP contribution is -2.32. The molecule has 0 fully saturated rings. The van der Waals surface area contributed by atoms with Crippen LogP contribution in [-0.4, -0.2) is 38.5 Å². The molecule has 0 aromatic rings. The van der Waals surface area contributed by atoms with Crippen LogP contribution in [0.15, 0.2) is 0 Å². The average Bonchev–Trinajstić information content (AvgIpc) is 1.97. The van der Waals surface area contributed by atoms with Crippen molar-refractivity contribution in [3.8, 4) is 0 Å².